The Morgan fingerprint density at radius 1 is 1.05 bits per heavy atom. The van der Waals surface area contributed by atoms with Crippen molar-refractivity contribution >= 4 is 5.97 Å². The maximum Gasteiger partial charge on any atom is 0.333 e. The second kappa shape index (κ2) is 6.98. The minimum atomic E-state index is -0.238. The first-order valence-electron chi connectivity index (χ1n) is 8.84. The van der Waals surface area contributed by atoms with Crippen molar-refractivity contribution in [1.29, 1.82) is 0 Å². The van der Waals surface area contributed by atoms with Crippen molar-refractivity contribution in [3.63, 3.8) is 0 Å². The molecule has 0 spiro atoms. The predicted molar refractivity (Wildman–Crippen MR) is 87.0 cm³/mol. The minimum absolute atomic E-state index is 0.180. The molecule has 21 heavy (non-hydrogen) atoms. The van der Waals surface area contributed by atoms with E-state index in [4.69, 9.17) is 4.74 Å². The van der Waals surface area contributed by atoms with Crippen molar-refractivity contribution < 1.29 is 9.53 Å². The van der Waals surface area contributed by atoms with Crippen LogP contribution in [0.25, 0.3) is 0 Å². The molecule has 0 radical (unpaired) electrons. The fraction of sp³-hybridized carbons (Fsp3) is 0.842. The molecule has 0 saturated heterocycles. The van der Waals surface area contributed by atoms with Crippen LogP contribution < -0.4 is 0 Å². The molecule has 0 aromatic heterocycles. The Kier molecular flexibility index (Phi) is 5.51. The molecule has 2 saturated carbocycles. The van der Waals surface area contributed by atoms with Crippen molar-refractivity contribution in [3.05, 3.63) is 12.2 Å². The normalized spacial score (nSPS) is 35.0. The first-order valence-corrected chi connectivity index (χ1v) is 8.84. The fourth-order valence-electron chi connectivity index (χ4n) is 4.45. The Labute approximate surface area is 130 Å². The summed E-state index contributed by atoms with van der Waals surface area (Å²) in [4.78, 5) is 12.3. The van der Waals surface area contributed by atoms with Gasteiger partial charge in [0.15, 0.2) is 0 Å². The van der Waals surface area contributed by atoms with E-state index >= 15 is 0 Å². The molecule has 2 nitrogen and oxygen atoms in total. The standard InChI is InChI=1S/C19H32O2/c1-14(2)18(20)21-19(13-15(3)11-12-16(19)4)17-9-7-5-6-8-10-17/h15-17H,1,5-13H2,2-4H3. The van der Waals surface area contributed by atoms with Crippen LogP contribution in [0.15, 0.2) is 12.2 Å². The van der Waals surface area contributed by atoms with Crippen molar-refractivity contribution in [2.24, 2.45) is 17.8 Å². The number of carbonyl (C=O) groups is 1. The van der Waals surface area contributed by atoms with Crippen molar-refractivity contribution in [2.75, 3.05) is 0 Å². The molecule has 120 valence electrons. The van der Waals surface area contributed by atoms with Crippen LogP contribution in [0.5, 0.6) is 0 Å². The number of rotatable bonds is 3. The lowest BCUT2D eigenvalue weighted by Crippen LogP contribution is -2.51. The molecule has 2 heteroatoms. The Bertz CT molecular complexity index is 379. The zero-order chi connectivity index (χ0) is 15.5. The lowest BCUT2D eigenvalue weighted by atomic mass is 9.64. The average Bonchev–Trinajstić information content (AvgIpc) is 2.72. The van der Waals surface area contributed by atoms with Gasteiger partial charge in [-0.1, -0.05) is 52.5 Å². The van der Waals surface area contributed by atoms with Gasteiger partial charge in [0.1, 0.15) is 5.60 Å². The summed E-state index contributed by atoms with van der Waals surface area (Å²) in [5, 5.41) is 0. The van der Waals surface area contributed by atoms with E-state index in [0.717, 1.165) is 6.42 Å². The highest BCUT2D eigenvalue weighted by Crippen LogP contribution is 2.48. The van der Waals surface area contributed by atoms with Gasteiger partial charge in [-0.2, -0.15) is 0 Å². The minimum Gasteiger partial charge on any atom is -0.455 e. The molecule has 3 unspecified atom stereocenters. The molecule has 2 rings (SSSR count). The highest BCUT2D eigenvalue weighted by Gasteiger charge is 2.49. The van der Waals surface area contributed by atoms with Gasteiger partial charge in [0.2, 0.25) is 0 Å². The zero-order valence-electron chi connectivity index (χ0n) is 14.1. The second-order valence-corrected chi connectivity index (χ2v) is 7.60. The molecule has 2 fully saturated rings. The van der Waals surface area contributed by atoms with Crippen molar-refractivity contribution in [3.8, 4) is 0 Å². The smallest absolute Gasteiger partial charge is 0.333 e. The van der Waals surface area contributed by atoms with E-state index in [1.807, 2.05) is 0 Å². The van der Waals surface area contributed by atoms with Crippen LogP contribution in [-0.4, -0.2) is 11.6 Å². The van der Waals surface area contributed by atoms with Crippen LogP contribution in [0.4, 0.5) is 0 Å². The maximum atomic E-state index is 12.3. The molecule has 3 atom stereocenters. The third-order valence-corrected chi connectivity index (χ3v) is 5.77. The Balaban J connectivity index is 2.27. The number of esters is 1. The molecular formula is C19H32O2. The summed E-state index contributed by atoms with van der Waals surface area (Å²) in [6, 6.07) is 0. The molecule has 2 aliphatic carbocycles. The molecular weight excluding hydrogens is 260 g/mol. The molecule has 0 N–H and O–H groups in total. The third-order valence-electron chi connectivity index (χ3n) is 5.77. The Morgan fingerprint density at radius 2 is 1.67 bits per heavy atom. The molecule has 0 aromatic rings. The van der Waals surface area contributed by atoms with Crippen LogP contribution in [0.1, 0.15) is 78.6 Å². The van der Waals surface area contributed by atoms with E-state index < -0.39 is 0 Å². The lowest BCUT2D eigenvalue weighted by Gasteiger charge is -2.49. The number of hydrogen-bond acceptors (Lipinski definition) is 2. The van der Waals surface area contributed by atoms with Gasteiger partial charge < -0.3 is 4.74 Å². The molecule has 0 heterocycles. The fourth-order valence-corrected chi connectivity index (χ4v) is 4.45. The van der Waals surface area contributed by atoms with Gasteiger partial charge in [0, 0.05) is 5.57 Å². The Hall–Kier alpha value is -0.790. The quantitative estimate of drug-likeness (QED) is 0.402. The average molecular weight is 292 g/mol. The van der Waals surface area contributed by atoms with E-state index in [1.165, 1.54) is 51.4 Å². The number of carbonyl (C=O) groups excluding carboxylic acids is 1. The molecule has 2 aliphatic rings. The highest BCUT2D eigenvalue weighted by molar-refractivity contribution is 5.87. The van der Waals surface area contributed by atoms with Gasteiger partial charge >= 0.3 is 5.97 Å². The largest absolute Gasteiger partial charge is 0.455 e. The first-order chi connectivity index (χ1) is 9.95. The second-order valence-electron chi connectivity index (χ2n) is 7.60. The summed E-state index contributed by atoms with van der Waals surface area (Å²) in [5.74, 6) is 1.49. The van der Waals surface area contributed by atoms with Crippen molar-refractivity contribution in [1.82, 2.24) is 0 Å². The van der Waals surface area contributed by atoms with Crippen LogP contribution in [0.3, 0.4) is 0 Å². The van der Waals surface area contributed by atoms with Crippen LogP contribution in [0.2, 0.25) is 0 Å². The van der Waals surface area contributed by atoms with Gasteiger partial charge in [-0.3, -0.25) is 0 Å². The molecule has 0 amide bonds. The number of hydrogen-bond donors (Lipinski definition) is 0. The summed E-state index contributed by atoms with van der Waals surface area (Å²) in [6.07, 6.45) is 11.2. The van der Waals surface area contributed by atoms with Gasteiger partial charge in [-0.15, -0.1) is 0 Å². The maximum absolute atomic E-state index is 12.3. The summed E-state index contributed by atoms with van der Waals surface area (Å²) >= 11 is 0. The third kappa shape index (κ3) is 3.70. The SMILES string of the molecule is C=C(C)C(=O)OC1(C2CCCCCC2)CC(C)CCC1C. The van der Waals surface area contributed by atoms with Gasteiger partial charge in [-0.05, 0) is 50.4 Å². The molecule has 0 aliphatic heterocycles. The Morgan fingerprint density at radius 3 is 2.24 bits per heavy atom. The van der Waals surface area contributed by atoms with Crippen LogP contribution in [-0.2, 0) is 9.53 Å². The molecule has 0 aromatic carbocycles. The summed E-state index contributed by atoms with van der Waals surface area (Å²) in [5.41, 5.74) is 0.298. The zero-order valence-corrected chi connectivity index (χ0v) is 14.1. The lowest BCUT2D eigenvalue weighted by molar-refractivity contribution is -0.180. The highest BCUT2D eigenvalue weighted by atomic mass is 16.6. The van der Waals surface area contributed by atoms with E-state index in [9.17, 15) is 4.79 Å². The summed E-state index contributed by atoms with van der Waals surface area (Å²) < 4.78 is 6.18. The van der Waals surface area contributed by atoms with Gasteiger partial charge in [0.25, 0.3) is 0 Å². The number of ether oxygens (including phenoxy) is 1. The van der Waals surface area contributed by atoms with E-state index in [0.29, 0.717) is 23.3 Å². The predicted octanol–water partition coefficient (Wildman–Crippen LogP) is 5.27. The van der Waals surface area contributed by atoms with E-state index in [2.05, 4.69) is 20.4 Å². The van der Waals surface area contributed by atoms with Crippen LogP contribution in [0, 0.1) is 17.8 Å². The van der Waals surface area contributed by atoms with Crippen LogP contribution >= 0.6 is 0 Å². The topological polar surface area (TPSA) is 26.3 Å². The monoisotopic (exact) mass is 292 g/mol. The summed E-state index contributed by atoms with van der Waals surface area (Å²) in [7, 11) is 0. The van der Waals surface area contributed by atoms with Crippen molar-refractivity contribution in [2.45, 2.75) is 84.2 Å². The van der Waals surface area contributed by atoms with E-state index in [1.54, 1.807) is 6.92 Å². The molecule has 0 bridgehead atoms. The van der Waals surface area contributed by atoms with E-state index in [-0.39, 0.29) is 11.6 Å². The van der Waals surface area contributed by atoms with Gasteiger partial charge in [-0.25, -0.2) is 4.79 Å². The van der Waals surface area contributed by atoms with Gasteiger partial charge in [0.05, 0.1) is 0 Å². The summed E-state index contributed by atoms with van der Waals surface area (Å²) in [6.45, 7) is 10.2. The first kappa shape index (κ1) is 16.6.